The molecule has 110 valence electrons. The first kappa shape index (κ1) is 15.3. The van der Waals surface area contributed by atoms with Gasteiger partial charge in [-0.25, -0.2) is 0 Å². The second kappa shape index (κ2) is 7.64. The van der Waals surface area contributed by atoms with Crippen molar-refractivity contribution >= 4 is 23.0 Å². The molecule has 0 atom stereocenters. The molecule has 4 heteroatoms. The van der Waals surface area contributed by atoms with Crippen LogP contribution in [0.15, 0.2) is 54.6 Å². The maximum atomic E-state index is 5.66. The van der Waals surface area contributed by atoms with Crippen LogP contribution in [0.4, 0.5) is 5.69 Å². The van der Waals surface area contributed by atoms with Crippen LogP contribution in [0.25, 0.3) is 0 Å². The molecule has 0 aromatic heterocycles. The molecule has 0 aliphatic heterocycles. The molecule has 21 heavy (non-hydrogen) atoms. The van der Waals surface area contributed by atoms with Gasteiger partial charge in [0, 0.05) is 18.3 Å². The molecule has 0 heterocycles. The van der Waals surface area contributed by atoms with Crippen LogP contribution in [-0.2, 0) is 6.54 Å². The van der Waals surface area contributed by atoms with E-state index in [1.54, 1.807) is 0 Å². The summed E-state index contributed by atoms with van der Waals surface area (Å²) < 4.78 is 5.66. The molecule has 0 amide bonds. The predicted molar refractivity (Wildman–Crippen MR) is 91.7 cm³/mol. The Morgan fingerprint density at radius 3 is 2.57 bits per heavy atom. The Balaban J connectivity index is 1.87. The van der Waals surface area contributed by atoms with Gasteiger partial charge in [-0.1, -0.05) is 36.4 Å². The molecule has 2 rings (SSSR count). The standard InChI is InChI=1S/C17H20N2OS/c1-13(2)20-16-10-6-9-15(11-16)19-17(21)18-12-14-7-4-3-5-8-14/h3-11,13H,12H2,1-2H3,(H2,18,19,21). The number of benzene rings is 2. The number of nitrogens with one attached hydrogen (secondary N) is 2. The van der Waals surface area contributed by atoms with Crippen molar-refractivity contribution in [3.05, 3.63) is 60.2 Å². The Labute approximate surface area is 131 Å². The number of hydrogen-bond donors (Lipinski definition) is 2. The fourth-order valence-corrected chi connectivity index (χ4v) is 2.06. The molecule has 0 bridgehead atoms. The molecule has 2 aromatic rings. The highest BCUT2D eigenvalue weighted by Crippen LogP contribution is 2.18. The SMILES string of the molecule is CC(C)Oc1cccc(NC(=S)NCc2ccccc2)c1. The first-order chi connectivity index (χ1) is 10.1. The lowest BCUT2D eigenvalue weighted by molar-refractivity contribution is 0.242. The van der Waals surface area contributed by atoms with Crippen LogP contribution in [-0.4, -0.2) is 11.2 Å². The summed E-state index contributed by atoms with van der Waals surface area (Å²) in [5.74, 6) is 0.834. The average Bonchev–Trinajstić information content (AvgIpc) is 2.46. The summed E-state index contributed by atoms with van der Waals surface area (Å²) in [4.78, 5) is 0. The van der Waals surface area contributed by atoms with Gasteiger partial charge < -0.3 is 15.4 Å². The molecule has 0 saturated heterocycles. The Hall–Kier alpha value is -2.07. The van der Waals surface area contributed by atoms with E-state index in [2.05, 4.69) is 22.8 Å². The van der Waals surface area contributed by atoms with Crippen LogP contribution < -0.4 is 15.4 Å². The number of thiocarbonyl (C=S) groups is 1. The second-order valence-electron chi connectivity index (χ2n) is 4.99. The fourth-order valence-electron chi connectivity index (χ4n) is 1.87. The van der Waals surface area contributed by atoms with Crippen LogP contribution >= 0.6 is 12.2 Å². The minimum atomic E-state index is 0.156. The maximum absolute atomic E-state index is 5.66. The van der Waals surface area contributed by atoms with Crippen LogP contribution in [0, 0.1) is 0 Å². The lowest BCUT2D eigenvalue weighted by atomic mass is 10.2. The van der Waals surface area contributed by atoms with E-state index in [-0.39, 0.29) is 6.10 Å². The van der Waals surface area contributed by atoms with Gasteiger partial charge in [0.1, 0.15) is 5.75 Å². The zero-order valence-corrected chi connectivity index (χ0v) is 13.1. The van der Waals surface area contributed by atoms with Gasteiger partial charge in [0.05, 0.1) is 6.10 Å². The Morgan fingerprint density at radius 2 is 1.86 bits per heavy atom. The lowest BCUT2D eigenvalue weighted by Gasteiger charge is -2.13. The predicted octanol–water partition coefficient (Wildman–Crippen LogP) is 3.96. The highest BCUT2D eigenvalue weighted by molar-refractivity contribution is 7.80. The molecule has 0 unspecified atom stereocenters. The monoisotopic (exact) mass is 300 g/mol. The van der Waals surface area contributed by atoms with E-state index in [4.69, 9.17) is 17.0 Å². The molecular formula is C17H20N2OS. The molecular weight excluding hydrogens is 280 g/mol. The van der Waals surface area contributed by atoms with Crippen molar-refractivity contribution in [3.63, 3.8) is 0 Å². The number of rotatable bonds is 5. The number of hydrogen-bond acceptors (Lipinski definition) is 2. The normalized spacial score (nSPS) is 10.2. The van der Waals surface area contributed by atoms with Crippen molar-refractivity contribution in [2.24, 2.45) is 0 Å². The van der Waals surface area contributed by atoms with Gasteiger partial charge in [-0.3, -0.25) is 0 Å². The Bertz CT molecular complexity index is 584. The van der Waals surface area contributed by atoms with Crippen molar-refractivity contribution in [1.82, 2.24) is 5.32 Å². The molecule has 0 aliphatic rings. The minimum absolute atomic E-state index is 0.156. The third kappa shape index (κ3) is 5.44. The summed E-state index contributed by atoms with van der Waals surface area (Å²) in [6.45, 7) is 4.72. The van der Waals surface area contributed by atoms with E-state index in [9.17, 15) is 0 Å². The molecule has 3 nitrogen and oxygen atoms in total. The minimum Gasteiger partial charge on any atom is -0.491 e. The van der Waals surface area contributed by atoms with Gasteiger partial charge in [-0.05, 0) is 43.8 Å². The molecule has 0 radical (unpaired) electrons. The van der Waals surface area contributed by atoms with Crippen molar-refractivity contribution in [3.8, 4) is 5.75 Å². The topological polar surface area (TPSA) is 33.3 Å². The molecule has 0 spiro atoms. The summed E-state index contributed by atoms with van der Waals surface area (Å²) in [6, 6.07) is 17.9. The van der Waals surface area contributed by atoms with Crippen molar-refractivity contribution in [2.75, 3.05) is 5.32 Å². The third-order valence-electron chi connectivity index (χ3n) is 2.76. The van der Waals surface area contributed by atoms with E-state index in [0.29, 0.717) is 11.7 Å². The Morgan fingerprint density at radius 1 is 1.10 bits per heavy atom. The molecule has 2 N–H and O–H groups in total. The fraction of sp³-hybridized carbons (Fsp3) is 0.235. The van der Waals surface area contributed by atoms with Crippen LogP contribution in [0.1, 0.15) is 19.4 Å². The van der Waals surface area contributed by atoms with E-state index in [1.165, 1.54) is 5.56 Å². The van der Waals surface area contributed by atoms with Gasteiger partial charge in [-0.2, -0.15) is 0 Å². The summed E-state index contributed by atoms with van der Waals surface area (Å²) in [6.07, 6.45) is 0.156. The van der Waals surface area contributed by atoms with Crippen molar-refractivity contribution in [1.29, 1.82) is 0 Å². The summed E-state index contributed by atoms with van der Waals surface area (Å²) in [5.41, 5.74) is 2.11. The van der Waals surface area contributed by atoms with Crippen LogP contribution in [0.2, 0.25) is 0 Å². The molecule has 0 saturated carbocycles. The summed E-state index contributed by atoms with van der Waals surface area (Å²) in [5, 5.41) is 6.95. The van der Waals surface area contributed by atoms with Crippen LogP contribution in [0.3, 0.4) is 0 Å². The quantitative estimate of drug-likeness (QED) is 0.819. The molecule has 0 fully saturated rings. The first-order valence-corrected chi connectivity index (χ1v) is 7.40. The summed E-state index contributed by atoms with van der Waals surface area (Å²) in [7, 11) is 0. The zero-order valence-electron chi connectivity index (χ0n) is 12.3. The summed E-state index contributed by atoms with van der Waals surface area (Å²) >= 11 is 5.30. The highest BCUT2D eigenvalue weighted by Gasteiger charge is 2.01. The molecule has 0 aliphatic carbocycles. The third-order valence-corrected chi connectivity index (χ3v) is 3.01. The lowest BCUT2D eigenvalue weighted by Crippen LogP contribution is -2.27. The van der Waals surface area contributed by atoms with Crippen molar-refractivity contribution < 1.29 is 4.74 Å². The Kier molecular flexibility index (Phi) is 5.58. The zero-order chi connectivity index (χ0) is 15.1. The van der Waals surface area contributed by atoms with E-state index in [1.807, 2.05) is 56.3 Å². The largest absolute Gasteiger partial charge is 0.491 e. The van der Waals surface area contributed by atoms with Gasteiger partial charge in [0.15, 0.2) is 5.11 Å². The number of ether oxygens (including phenoxy) is 1. The smallest absolute Gasteiger partial charge is 0.171 e. The van der Waals surface area contributed by atoms with E-state index < -0.39 is 0 Å². The average molecular weight is 300 g/mol. The number of anilines is 1. The van der Waals surface area contributed by atoms with Crippen molar-refractivity contribution in [2.45, 2.75) is 26.5 Å². The van der Waals surface area contributed by atoms with Gasteiger partial charge in [0.25, 0.3) is 0 Å². The molecule has 2 aromatic carbocycles. The van der Waals surface area contributed by atoms with E-state index >= 15 is 0 Å². The highest BCUT2D eigenvalue weighted by atomic mass is 32.1. The second-order valence-corrected chi connectivity index (χ2v) is 5.40. The first-order valence-electron chi connectivity index (χ1n) is 6.99. The maximum Gasteiger partial charge on any atom is 0.171 e. The van der Waals surface area contributed by atoms with Gasteiger partial charge in [-0.15, -0.1) is 0 Å². The van der Waals surface area contributed by atoms with Gasteiger partial charge >= 0.3 is 0 Å². The van der Waals surface area contributed by atoms with Gasteiger partial charge in [0.2, 0.25) is 0 Å². The van der Waals surface area contributed by atoms with Crippen LogP contribution in [0.5, 0.6) is 5.75 Å². The van der Waals surface area contributed by atoms with E-state index in [0.717, 1.165) is 11.4 Å².